The first-order valence-electron chi connectivity index (χ1n) is 5.74. The molecule has 0 heterocycles. The summed E-state index contributed by atoms with van der Waals surface area (Å²) in [5.41, 5.74) is 1.51. The van der Waals surface area contributed by atoms with Crippen molar-refractivity contribution in [2.24, 2.45) is 11.8 Å². The van der Waals surface area contributed by atoms with Crippen molar-refractivity contribution in [2.75, 3.05) is 0 Å². The first-order chi connectivity index (χ1) is 6.68. The minimum atomic E-state index is 0.652. The summed E-state index contributed by atoms with van der Waals surface area (Å²) in [6.45, 7) is 6.70. The Morgan fingerprint density at radius 3 is 2.79 bits per heavy atom. The molecular weight excluding hydrogens is 168 g/mol. The molecule has 0 nitrogen and oxygen atoms in total. The fourth-order valence-corrected chi connectivity index (χ4v) is 1.76. The van der Waals surface area contributed by atoms with Crippen molar-refractivity contribution >= 4 is 0 Å². The molecule has 0 aromatic carbocycles. The van der Waals surface area contributed by atoms with Crippen LogP contribution in [-0.2, 0) is 0 Å². The first-order valence-corrected chi connectivity index (χ1v) is 5.74. The van der Waals surface area contributed by atoms with Gasteiger partial charge in [-0.15, -0.1) is 0 Å². The van der Waals surface area contributed by atoms with Crippen molar-refractivity contribution in [3.63, 3.8) is 0 Å². The van der Waals surface area contributed by atoms with Gasteiger partial charge in [-0.3, -0.25) is 0 Å². The Bertz CT molecular complexity index is 241. The van der Waals surface area contributed by atoms with Gasteiger partial charge in [-0.2, -0.15) is 0 Å². The van der Waals surface area contributed by atoms with E-state index in [1.54, 1.807) is 0 Å². The molecule has 0 bridgehead atoms. The minimum absolute atomic E-state index is 0.652. The van der Waals surface area contributed by atoms with E-state index in [2.05, 4.69) is 51.2 Å². The molecule has 1 aliphatic rings. The molecule has 0 aliphatic heterocycles. The molecule has 0 saturated carbocycles. The van der Waals surface area contributed by atoms with E-state index < -0.39 is 0 Å². The SMILES string of the molecule is CC(C)/C=C/C=CC1=CC(C)CCC1. The Balaban J connectivity index is 2.43. The van der Waals surface area contributed by atoms with Gasteiger partial charge in [-0.25, -0.2) is 0 Å². The zero-order valence-corrected chi connectivity index (χ0v) is 9.66. The molecule has 14 heavy (non-hydrogen) atoms. The van der Waals surface area contributed by atoms with Gasteiger partial charge >= 0.3 is 0 Å². The smallest absolute Gasteiger partial charge is 0.0256 e. The quantitative estimate of drug-likeness (QED) is 0.575. The van der Waals surface area contributed by atoms with E-state index in [1.807, 2.05) is 0 Å². The van der Waals surface area contributed by atoms with Crippen LogP contribution in [0, 0.1) is 11.8 Å². The molecule has 1 atom stereocenters. The Hall–Kier alpha value is -0.780. The van der Waals surface area contributed by atoms with E-state index in [9.17, 15) is 0 Å². The largest absolute Gasteiger partial charge is 0.0820 e. The first kappa shape index (κ1) is 11.3. The summed E-state index contributed by atoms with van der Waals surface area (Å²) in [4.78, 5) is 0. The maximum Gasteiger partial charge on any atom is -0.0256 e. The van der Waals surface area contributed by atoms with Crippen LogP contribution in [0.15, 0.2) is 36.0 Å². The monoisotopic (exact) mass is 190 g/mol. The van der Waals surface area contributed by atoms with Gasteiger partial charge in [0.05, 0.1) is 0 Å². The van der Waals surface area contributed by atoms with Gasteiger partial charge in [-0.1, -0.05) is 56.7 Å². The van der Waals surface area contributed by atoms with Gasteiger partial charge < -0.3 is 0 Å². The van der Waals surface area contributed by atoms with Gasteiger partial charge in [0.1, 0.15) is 0 Å². The van der Waals surface area contributed by atoms with E-state index in [0.29, 0.717) is 5.92 Å². The highest BCUT2D eigenvalue weighted by molar-refractivity contribution is 5.24. The average molecular weight is 190 g/mol. The Morgan fingerprint density at radius 1 is 1.36 bits per heavy atom. The number of hydrogen-bond acceptors (Lipinski definition) is 0. The molecule has 0 radical (unpaired) electrons. The lowest BCUT2D eigenvalue weighted by molar-refractivity contribution is 0.574. The Morgan fingerprint density at radius 2 is 2.14 bits per heavy atom. The van der Waals surface area contributed by atoms with E-state index in [-0.39, 0.29) is 0 Å². The molecule has 0 aromatic heterocycles. The maximum absolute atomic E-state index is 2.41. The molecule has 0 amide bonds. The van der Waals surface area contributed by atoms with Crippen LogP contribution in [0.4, 0.5) is 0 Å². The van der Waals surface area contributed by atoms with Gasteiger partial charge in [0, 0.05) is 0 Å². The third kappa shape index (κ3) is 4.45. The normalized spacial score (nSPS) is 23.7. The van der Waals surface area contributed by atoms with Gasteiger partial charge in [0.15, 0.2) is 0 Å². The topological polar surface area (TPSA) is 0 Å². The van der Waals surface area contributed by atoms with Gasteiger partial charge in [0.2, 0.25) is 0 Å². The highest BCUT2D eigenvalue weighted by Gasteiger charge is 2.06. The predicted octanol–water partition coefficient (Wildman–Crippen LogP) is 4.50. The molecule has 0 N–H and O–H groups in total. The van der Waals surface area contributed by atoms with Crippen molar-refractivity contribution in [3.05, 3.63) is 36.0 Å². The van der Waals surface area contributed by atoms with E-state index in [4.69, 9.17) is 0 Å². The van der Waals surface area contributed by atoms with E-state index in [1.165, 1.54) is 24.8 Å². The highest BCUT2D eigenvalue weighted by atomic mass is 14.1. The summed E-state index contributed by atoms with van der Waals surface area (Å²) in [6.07, 6.45) is 15.2. The number of rotatable bonds is 3. The fourth-order valence-electron chi connectivity index (χ4n) is 1.76. The molecule has 0 spiro atoms. The van der Waals surface area contributed by atoms with Crippen LogP contribution in [0.5, 0.6) is 0 Å². The zero-order chi connectivity index (χ0) is 10.4. The van der Waals surface area contributed by atoms with Crippen LogP contribution >= 0.6 is 0 Å². The Labute approximate surface area is 88.4 Å². The molecule has 0 aromatic rings. The minimum Gasteiger partial charge on any atom is -0.0820 e. The molecular formula is C14H22. The van der Waals surface area contributed by atoms with Crippen LogP contribution in [0.2, 0.25) is 0 Å². The number of allylic oxidation sites excluding steroid dienone is 6. The fraction of sp³-hybridized carbons (Fsp3) is 0.571. The summed E-state index contributed by atoms with van der Waals surface area (Å²) < 4.78 is 0. The van der Waals surface area contributed by atoms with E-state index >= 15 is 0 Å². The summed E-state index contributed by atoms with van der Waals surface area (Å²) in [7, 11) is 0. The molecule has 1 rings (SSSR count). The van der Waals surface area contributed by atoms with Crippen LogP contribution in [-0.4, -0.2) is 0 Å². The molecule has 1 unspecified atom stereocenters. The second-order valence-electron chi connectivity index (χ2n) is 4.60. The summed E-state index contributed by atoms with van der Waals surface area (Å²) in [5.74, 6) is 1.43. The third-order valence-electron chi connectivity index (χ3n) is 2.54. The summed E-state index contributed by atoms with van der Waals surface area (Å²) >= 11 is 0. The van der Waals surface area contributed by atoms with E-state index in [0.717, 1.165) is 5.92 Å². The van der Waals surface area contributed by atoms with Gasteiger partial charge in [-0.05, 0) is 31.1 Å². The second-order valence-corrected chi connectivity index (χ2v) is 4.60. The predicted molar refractivity (Wildman–Crippen MR) is 64.2 cm³/mol. The molecule has 0 saturated heterocycles. The lowest BCUT2D eigenvalue weighted by Gasteiger charge is -2.14. The van der Waals surface area contributed by atoms with Crippen molar-refractivity contribution in [2.45, 2.75) is 40.0 Å². The van der Waals surface area contributed by atoms with Crippen LogP contribution in [0.25, 0.3) is 0 Å². The maximum atomic E-state index is 2.41. The van der Waals surface area contributed by atoms with Crippen molar-refractivity contribution in [3.8, 4) is 0 Å². The number of hydrogen-bond donors (Lipinski definition) is 0. The standard InChI is InChI=1S/C14H22/c1-12(2)7-4-5-9-14-10-6-8-13(3)11-14/h4-5,7,9,11-13H,6,8,10H2,1-3H3/b7-4+,9-5?. The lowest BCUT2D eigenvalue weighted by Crippen LogP contribution is -1.98. The molecule has 78 valence electrons. The third-order valence-corrected chi connectivity index (χ3v) is 2.54. The molecule has 0 heteroatoms. The van der Waals surface area contributed by atoms with Crippen LogP contribution < -0.4 is 0 Å². The van der Waals surface area contributed by atoms with Crippen LogP contribution in [0.3, 0.4) is 0 Å². The summed E-state index contributed by atoms with van der Waals surface area (Å²) in [5, 5.41) is 0. The summed E-state index contributed by atoms with van der Waals surface area (Å²) in [6, 6.07) is 0. The zero-order valence-electron chi connectivity index (χ0n) is 9.66. The Kier molecular flexibility index (Phi) is 4.72. The second kappa shape index (κ2) is 5.85. The van der Waals surface area contributed by atoms with Crippen molar-refractivity contribution < 1.29 is 0 Å². The highest BCUT2D eigenvalue weighted by Crippen LogP contribution is 2.22. The molecule has 1 aliphatic carbocycles. The van der Waals surface area contributed by atoms with Crippen molar-refractivity contribution in [1.82, 2.24) is 0 Å². The van der Waals surface area contributed by atoms with Crippen molar-refractivity contribution in [1.29, 1.82) is 0 Å². The molecule has 0 fully saturated rings. The van der Waals surface area contributed by atoms with Gasteiger partial charge in [0.25, 0.3) is 0 Å². The lowest BCUT2D eigenvalue weighted by atomic mass is 9.92. The van der Waals surface area contributed by atoms with Crippen LogP contribution in [0.1, 0.15) is 40.0 Å². The average Bonchev–Trinajstić information content (AvgIpc) is 2.12.